The summed E-state index contributed by atoms with van der Waals surface area (Å²) in [6.07, 6.45) is 5.91. The first-order chi connectivity index (χ1) is 11.1. The molecule has 0 bridgehead atoms. The molecule has 3 nitrogen and oxygen atoms in total. The van der Waals surface area contributed by atoms with Crippen LogP contribution >= 0.6 is 11.8 Å². The van der Waals surface area contributed by atoms with Gasteiger partial charge in [-0.1, -0.05) is 27.7 Å². The van der Waals surface area contributed by atoms with E-state index in [4.69, 9.17) is 0 Å². The monoisotopic (exact) mass is 361 g/mol. The lowest BCUT2D eigenvalue weighted by Crippen LogP contribution is -2.32. The molecule has 1 aromatic heterocycles. The van der Waals surface area contributed by atoms with Crippen molar-refractivity contribution in [3.63, 3.8) is 0 Å². The van der Waals surface area contributed by atoms with E-state index in [0.717, 1.165) is 25.7 Å². The highest BCUT2D eigenvalue weighted by atomic mass is 32.2. The summed E-state index contributed by atoms with van der Waals surface area (Å²) in [5.41, 5.74) is -3.61. The zero-order valence-corrected chi connectivity index (χ0v) is 15.5. The summed E-state index contributed by atoms with van der Waals surface area (Å²) in [5, 5.41) is 3.25. The van der Waals surface area contributed by atoms with E-state index >= 15 is 0 Å². The fourth-order valence-electron chi connectivity index (χ4n) is 3.28. The number of rotatable bonds is 4. The first-order valence-electron chi connectivity index (χ1n) is 8.46. The number of halogens is 3. The van der Waals surface area contributed by atoms with Crippen molar-refractivity contribution < 1.29 is 13.2 Å². The molecule has 0 saturated heterocycles. The number of aryl methyl sites for hydroxylation is 1. The lowest BCUT2D eigenvalue weighted by molar-refractivity contribution is -0.0328. The van der Waals surface area contributed by atoms with Crippen LogP contribution in [0.3, 0.4) is 0 Å². The van der Waals surface area contributed by atoms with Crippen LogP contribution in [0, 0.1) is 11.3 Å². The number of anilines is 1. The zero-order valence-electron chi connectivity index (χ0n) is 14.7. The van der Waals surface area contributed by atoms with Crippen LogP contribution in [-0.2, 0) is 6.42 Å². The van der Waals surface area contributed by atoms with Crippen molar-refractivity contribution in [1.29, 1.82) is 0 Å². The maximum Gasteiger partial charge on any atom is 0.446 e. The third kappa shape index (κ3) is 5.26. The Kier molecular flexibility index (Phi) is 6.04. The standard InChI is InChI=1S/C17H26F3N3S/c1-5-13-14(24-17(18,19)20)15(22-10-21-13)23-12-8-6-11(7-9-12)16(2,3)4/h10-12H,5-9H2,1-4H3,(H,21,22,23). The molecule has 0 radical (unpaired) electrons. The van der Waals surface area contributed by atoms with Gasteiger partial charge in [0.2, 0.25) is 0 Å². The Balaban J connectivity index is 2.10. The van der Waals surface area contributed by atoms with E-state index in [2.05, 4.69) is 36.1 Å². The van der Waals surface area contributed by atoms with Crippen molar-refractivity contribution >= 4 is 17.6 Å². The normalized spacial score (nSPS) is 22.5. The number of nitrogens with one attached hydrogen (secondary N) is 1. The van der Waals surface area contributed by atoms with Gasteiger partial charge in [-0.25, -0.2) is 9.97 Å². The Hall–Kier alpha value is -0.980. The van der Waals surface area contributed by atoms with E-state index in [9.17, 15) is 13.2 Å². The van der Waals surface area contributed by atoms with Gasteiger partial charge in [-0.05, 0) is 55.2 Å². The second-order valence-corrected chi connectivity index (χ2v) is 8.53. The van der Waals surface area contributed by atoms with Crippen molar-refractivity contribution in [3.8, 4) is 0 Å². The van der Waals surface area contributed by atoms with Gasteiger partial charge in [0.25, 0.3) is 0 Å². The zero-order chi connectivity index (χ0) is 18.0. The Labute approximate surface area is 146 Å². The van der Waals surface area contributed by atoms with Crippen LogP contribution in [0.5, 0.6) is 0 Å². The van der Waals surface area contributed by atoms with E-state index in [1.807, 2.05) is 0 Å². The largest absolute Gasteiger partial charge is 0.446 e. The Morgan fingerprint density at radius 3 is 2.25 bits per heavy atom. The molecule has 1 N–H and O–H groups in total. The Bertz CT molecular complexity index is 547. The van der Waals surface area contributed by atoms with Crippen LogP contribution in [0.1, 0.15) is 59.1 Å². The van der Waals surface area contributed by atoms with Gasteiger partial charge in [0, 0.05) is 6.04 Å². The lowest BCUT2D eigenvalue weighted by atomic mass is 9.71. The van der Waals surface area contributed by atoms with Crippen LogP contribution in [-0.4, -0.2) is 21.5 Å². The molecule has 0 amide bonds. The quantitative estimate of drug-likeness (QED) is 0.702. The molecule has 2 rings (SSSR count). The molecule has 1 aliphatic carbocycles. The maximum absolute atomic E-state index is 12.9. The highest BCUT2D eigenvalue weighted by molar-refractivity contribution is 8.00. The molecule has 136 valence electrons. The predicted molar refractivity (Wildman–Crippen MR) is 92.1 cm³/mol. The van der Waals surface area contributed by atoms with Gasteiger partial charge < -0.3 is 5.32 Å². The van der Waals surface area contributed by atoms with Crippen LogP contribution in [0.4, 0.5) is 19.0 Å². The maximum atomic E-state index is 12.9. The average molecular weight is 361 g/mol. The van der Waals surface area contributed by atoms with Gasteiger partial charge in [0.15, 0.2) is 0 Å². The summed E-state index contributed by atoms with van der Waals surface area (Å²) in [7, 11) is 0. The van der Waals surface area contributed by atoms with Crippen molar-refractivity contribution in [3.05, 3.63) is 12.0 Å². The molecular formula is C17H26F3N3S. The molecule has 7 heteroatoms. The number of aromatic nitrogens is 2. The summed E-state index contributed by atoms with van der Waals surface area (Å²) in [6, 6.07) is 0.177. The molecule has 0 unspecified atom stereocenters. The van der Waals surface area contributed by atoms with Gasteiger partial charge in [0.1, 0.15) is 12.1 Å². The van der Waals surface area contributed by atoms with Gasteiger partial charge in [0.05, 0.1) is 10.6 Å². The minimum absolute atomic E-state index is 0.116. The fraction of sp³-hybridized carbons (Fsp3) is 0.765. The number of alkyl halides is 3. The van der Waals surface area contributed by atoms with Crippen molar-refractivity contribution in [2.45, 2.75) is 76.2 Å². The van der Waals surface area contributed by atoms with E-state index in [0.29, 0.717) is 23.9 Å². The molecule has 24 heavy (non-hydrogen) atoms. The van der Waals surface area contributed by atoms with Crippen molar-refractivity contribution in [1.82, 2.24) is 9.97 Å². The second-order valence-electron chi connectivity index (χ2n) is 7.46. The van der Waals surface area contributed by atoms with Gasteiger partial charge >= 0.3 is 5.51 Å². The highest BCUT2D eigenvalue weighted by Gasteiger charge is 2.34. The number of hydrogen-bond acceptors (Lipinski definition) is 4. The van der Waals surface area contributed by atoms with Crippen LogP contribution in [0.2, 0.25) is 0 Å². The third-order valence-corrected chi connectivity index (χ3v) is 5.59. The summed E-state index contributed by atoms with van der Waals surface area (Å²) in [4.78, 5) is 8.21. The molecule has 1 saturated carbocycles. The van der Waals surface area contributed by atoms with Crippen molar-refractivity contribution in [2.24, 2.45) is 11.3 Å². The highest BCUT2D eigenvalue weighted by Crippen LogP contribution is 2.43. The molecule has 1 heterocycles. The molecular weight excluding hydrogens is 335 g/mol. The minimum atomic E-state index is -4.34. The van der Waals surface area contributed by atoms with Crippen molar-refractivity contribution in [2.75, 3.05) is 5.32 Å². The third-order valence-electron chi connectivity index (χ3n) is 4.72. The second kappa shape index (κ2) is 7.50. The number of hydrogen-bond donors (Lipinski definition) is 1. The Morgan fingerprint density at radius 2 is 1.75 bits per heavy atom. The minimum Gasteiger partial charge on any atom is -0.366 e. The molecule has 0 spiro atoms. The smallest absolute Gasteiger partial charge is 0.366 e. The van der Waals surface area contributed by atoms with Crippen LogP contribution < -0.4 is 5.32 Å². The van der Waals surface area contributed by atoms with Gasteiger partial charge in [-0.3, -0.25) is 0 Å². The molecule has 1 aliphatic rings. The summed E-state index contributed by atoms with van der Waals surface area (Å²) >= 11 is -0.116. The van der Waals surface area contributed by atoms with Crippen LogP contribution in [0.25, 0.3) is 0 Å². The number of thioether (sulfide) groups is 1. The summed E-state index contributed by atoms with van der Waals surface area (Å²) in [5.74, 6) is 0.986. The van der Waals surface area contributed by atoms with E-state index in [-0.39, 0.29) is 28.1 Å². The SMILES string of the molecule is CCc1ncnc(NC2CCC(C(C)(C)C)CC2)c1SC(F)(F)F. The molecule has 0 aliphatic heterocycles. The molecule has 1 aromatic rings. The molecule has 1 fully saturated rings. The summed E-state index contributed by atoms with van der Waals surface area (Å²) in [6.45, 7) is 8.56. The van der Waals surface area contributed by atoms with Gasteiger partial charge in [-0.2, -0.15) is 13.2 Å². The fourth-order valence-corrected chi connectivity index (χ4v) is 4.04. The number of nitrogens with zero attached hydrogens (tertiary/aromatic N) is 2. The van der Waals surface area contributed by atoms with E-state index in [1.54, 1.807) is 6.92 Å². The first kappa shape index (κ1) is 19.3. The van der Waals surface area contributed by atoms with Gasteiger partial charge in [-0.15, -0.1) is 0 Å². The molecule has 0 aromatic carbocycles. The molecule has 0 atom stereocenters. The van der Waals surface area contributed by atoms with E-state index in [1.165, 1.54) is 6.33 Å². The Morgan fingerprint density at radius 1 is 1.12 bits per heavy atom. The predicted octanol–water partition coefficient (Wildman–Crippen LogP) is 5.67. The summed E-state index contributed by atoms with van der Waals surface area (Å²) < 4.78 is 38.6. The lowest BCUT2D eigenvalue weighted by Gasteiger charge is -2.37. The first-order valence-corrected chi connectivity index (χ1v) is 9.28. The van der Waals surface area contributed by atoms with Crippen LogP contribution in [0.15, 0.2) is 11.2 Å². The topological polar surface area (TPSA) is 37.8 Å². The van der Waals surface area contributed by atoms with E-state index < -0.39 is 5.51 Å². The average Bonchev–Trinajstić information content (AvgIpc) is 2.47.